The van der Waals surface area contributed by atoms with Crippen molar-refractivity contribution in [2.24, 2.45) is 0 Å². The van der Waals surface area contributed by atoms with Crippen molar-refractivity contribution < 1.29 is 4.74 Å². The molecule has 0 aliphatic heterocycles. The molecule has 0 amide bonds. The molecular formula is C13H15N3OS. The summed E-state index contributed by atoms with van der Waals surface area (Å²) in [6, 6.07) is 4.75. The standard InChI is InChI=1S/C13H15N3OS/c1-2-12(18-5-1)9-17-13-8-14-6-11(16-13)7-15-10-3-4-10/h1-2,5-6,8,10,15H,3-4,7,9H2. The van der Waals surface area contributed by atoms with Crippen LogP contribution in [0.2, 0.25) is 0 Å². The number of rotatable bonds is 6. The van der Waals surface area contributed by atoms with E-state index in [1.54, 1.807) is 23.7 Å². The molecule has 1 N–H and O–H groups in total. The van der Waals surface area contributed by atoms with E-state index in [0.29, 0.717) is 18.5 Å². The molecule has 0 atom stereocenters. The first-order valence-electron chi connectivity index (χ1n) is 6.09. The van der Waals surface area contributed by atoms with Crippen molar-refractivity contribution in [3.05, 3.63) is 40.5 Å². The van der Waals surface area contributed by atoms with E-state index < -0.39 is 0 Å². The molecule has 2 aromatic heterocycles. The number of aromatic nitrogens is 2. The molecule has 2 aromatic rings. The molecule has 0 bridgehead atoms. The van der Waals surface area contributed by atoms with Crippen LogP contribution in [-0.2, 0) is 13.2 Å². The van der Waals surface area contributed by atoms with Crippen LogP contribution in [0.15, 0.2) is 29.9 Å². The zero-order chi connectivity index (χ0) is 12.2. The van der Waals surface area contributed by atoms with E-state index in [1.165, 1.54) is 17.7 Å². The molecular weight excluding hydrogens is 246 g/mol. The largest absolute Gasteiger partial charge is 0.471 e. The highest BCUT2D eigenvalue weighted by atomic mass is 32.1. The van der Waals surface area contributed by atoms with Gasteiger partial charge in [0.05, 0.1) is 11.9 Å². The van der Waals surface area contributed by atoms with Gasteiger partial charge < -0.3 is 10.1 Å². The van der Waals surface area contributed by atoms with Crippen molar-refractivity contribution in [1.29, 1.82) is 0 Å². The maximum atomic E-state index is 5.62. The van der Waals surface area contributed by atoms with Gasteiger partial charge in [0.25, 0.3) is 0 Å². The van der Waals surface area contributed by atoms with Crippen molar-refractivity contribution >= 4 is 11.3 Å². The van der Waals surface area contributed by atoms with Gasteiger partial charge in [0, 0.05) is 23.7 Å². The molecule has 0 radical (unpaired) electrons. The molecule has 1 aliphatic carbocycles. The molecule has 0 spiro atoms. The Morgan fingerprint density at radius 1 is 1.39 bits per heavy atom. The highest BCUT2D eigenvalue weighted by molar-refractivity contribution is 7.09. The van der Waals surface area contributed by atoms with Crippen molar-refractivity contribution in [3.8, 4) is 5.88 Å². The molecule has 1 aliphatic rings. The minimum Gasteiger partial charge on any atom is -0.471 e. The van der Waals surface area contributed by atoms with Crippen LogP contribution >= 0.6 is 11.3 Å². The number of ether oxygens (including phenoxy) is 1. The molecule has 18 heavy (non-hydrogen) atoms. The second kappa shape index (κ2) is 5.46. The lowest BCUT2D eigenvalue weighted by atomic mass is 10.4. The predicted octanol–water partition coefficient (Wildman–Crippen LogP) is 2.37. The third kappa shape index (κ3) is 3.27. The van der Waals surface area contributed by atoms with Crippen LogP contribution in [0.1, 0.15) is 23.4 Å². The number of hydrogen-bond donors (Lipinski definition) is 1. The van der Waals surface area contributed by atoms with Crippen molar-refractivity contribution in [2.75, 3.05) is 0 Å². The fraction of sp³-hybridized carbons (Fsp3) is 0.385. The van der Waals surface area contributed by atoms with Crippen molar-refractivity contribution in [3.63, 3.8) is 0 Å². The van der Waals surface area contributed by atoms with Gasteiger partial charge in [0.15, 0.2) is 0 Å². The van der Waals surface area contributed by atoms with Crippen LogP contribution in [0.25, 0.3) is 0 Å². The summed E-state index contributed by atoms with van der Waals surface area (Å²) in [6.07, 6.45) is 6.01. The van der Waals surface area contributed by atoms with E-state index in [-0.39, 0.29) is 0 Å². The van der Waals surface area contributed by atoms with Gasteiger partial charge in [0.1, 0.15) is 6.61 Å². The van der Waals surface area contributed by atoms with Crippen LogP contribution in [-0.4, -0.2) is 16.0 Å². The monoisotopic (exact) mass is 261 g/mol. The molecule has 1 saturated carbocycles. The topological polar surface area (TPSA) is 47.0 Å². The quantitative estimate of drug-likeness (QED) is 0.867. The fourth-order valence-corrected chi connectivity index (χ4v) is 2.23. The molecule has 2 heterocycles. The molecule has 4 nitrogen and oxygen atoms in total. The maximum Gasteiger partial charge on any atom is 0.232 e. The van der Waals surface area contributed by atoms with Gasteiger partial charge in [-0.15, -0.1) is 11.3 Å². The first-order valence-corrected chi connectivity index (χ1v) is 6.97. The molecule has 0 unspecified atom stereocenters. The third-order valence-corrected chi connectivity index (χ3v) is 3.60. The van der Waals surface area contributed by atoms with Crippen LogP contribution in [0, 0.1) is 0 Å². The lowest BCUT2D eigenvalue weighted by Crippen LogP contribution is -2.16. The highest BCUT2D eigenvalue weighted by Crippen LogP contribution is 2.19. The van der Waals surface area contributed by atoms with Crippen molar-refractivity contribution in [1.82, 2.24) is 15.3 Å². The Kier molecular flexibility index (Phi) is 3.52. The van der Waals surface area contributed by atoms with Gasteiger partial charge in [-0.05, 0) is 24.3 Å². The van der Waals surface area contributed by atoms with Crippen LogP contribution < -0.4 is 10.1 Å². The Hall–Kier alpha value is -1.46. The predicted molar refractivity (Wildman–Crippen MR) is 70.5 cm³/mol. The average molecular weight is 261 g/mol. The normalized spacial score (nSPS) is 14.7. The number of hydrogen-bond acceptors (Lipinski definition) is 5. The Balaban J connectivity index is 1.55. The molecule has 1 fully saturated rings. The minimum absolute atomic E-state index is 0.561. The Morgan fingerprint density at radius 2 is 2.33 bits per heavy atom. The summed E-state index contributed by atoms with van der Waals surface area (Å²) in [5, 5.41) is 5.46. The van der Waals surface area contributed by atoms with Crippen LogP contribution in [0.5, 0.6) is 5.88 Å². The molecule has 0 saturated heterocycles. The van der Waals surface area contributed by atoms with E-state index in [9.17, 15) is 0 Å². The van der Waals surface area contributed by atoms with Crippen LogP contribution in [0.3, 0.4) is 0 Å². The summed E-state index contributed by atoms with van der Waals surface area (Å²) < 4.78 is 5.62. The SMILES string of the molecule is c1csc(COc2cncc(CNC3CC3)n2)c1. The Bertz CT molecular complexity index is 497. The van der Waals surface area contributed by atoms with E-state index in [4.69, 9.17) is 4.74 Å². The number of thiophene rings is 1. The number of nitrogens with one attached hydrogen (secondary N) is 1. The molecule has 3 rings (SSSR count). The number of nitrogens with zero attached hydrogens (tertiary/aromatic N) is 2. The van der Waals surface area contributed by atoms with E-state index >= 15 is 0 Å². The minimum atomic E-state index is 0.561. The van der Waals surface area contributed by atoms with Gasteiger partial charge in [-0.1, -0.05) is 6.07 Å². The van der Waals surface area contributed by atoms with Crippen LogP contribution in [0.4, 0.5) is 0 Å². The summed E-state index contributed by atoms with van der Waals surface area (Å²) in [4.78, 5) is 9.78. The first kappa shape index (κ1) is 11.6. The van der Waals surface area contributed by atoms with E-state index in [0.717, 1.165) is 12.2 Å². The van der Waals surface area contributed by atoms with Crippen molar-refractivity contribution in [2.45, 2.75) is 32.0 Å². The van der Waals surface area contributed by atoms with E-state index in [2.05, 4.69) is 21.4 Å². The highest BCUT2D eigenvalue weighted by Gasteiger charge is 2.20. The summed E-state index contributed by atoms with van der Waals surface area (Å²) >= 11 is 1.68. The summed E-state index contributed by atoms with van der Waals surface area (Å²) in [6.45, 7) is 1.33. The molecule has 5 heteroatoms. The Morgan fingerprint density at radius 3 is 3.11 bits per heavy atom. The smallest absolute Gasteiger partial charge is 0.232 e. The molecule has 0 aromatic carbocycles. The second-order valence-electron chi connectivity index (χ2n) is 4.37. The van der Waals surface area contributed by atoms with E-state index in [1.807, 2.05) is 11.4 Å². The van der Waals surface area contributed by atoms with Gasteiger partial charge >= 0.3 is 0 Å². The second-order valence-corrected chi connectivity index (χ2v) is 5.40. The zero-order valence-corrected chi connectivity index (χ0v) is 10.8. The molecule has 94 valence electrons. The fourth-order valence-electron chi connectivity index (χ4n) is 1.62. The summed E-state index contributed by atoms with van der Waals surface area (Å²) in [5.41, 5.74) is 0.936. The Labute approximate surface area is 110 Å². The van der Waals surface area contributed by atoms with Gasteiger partial charge in [-0.3, -0.25) is 4.98 Å². The zero-order valence-electron chi connectivity index (χ0n) is 10.0. The lowest BCUT2D eigenvalue weighted by Gasteiger charge is -2.06. The van der Waals surface area contributed by atoms with Gasteiger partial charge in [-0.2, -0.15) is 0 Å². The first-order chi connectivity index (χ1) is 8.90. The summed E-state index contributed by atoms with van der Waals surface area (Å²) in [7, 11) is 0. The van der Waals surface area contributed by atoms with Gasteiger partial charge in [-0.25, -0.2) is 4.98 Å². The lowest BCUT2D eigenvalue weighted by molar-refractivity contribution is 0.294. The average Bonchev–Trinajstić information content (AvgIpc) is 3.09. The third-order valence-electron chi connectivity index (χ3n) is 2.75. The maximum absolute atomic E-state index is 5.62. The van der Waals surface area contributed by atoms with Gasteiger partial charge in [0.2, 0.25) is 5.88 Å². The summed E-state index contributed by atoms with van der Waals surface area (Å²) in [5.74, 6) is 0.596.